The summed E-state index contributed by atoms with van der Waals surface area (Å²) < 4.78 is 1.82. The zero-order valence-corrected chi connectivity index (χ0v) is 14.3. The van der Waals surface area contributed by atoms with Crippen LogP contribution in [0.25, 0.3) is 11.4 Å². The van der Waals surface area contributed by atoms with Gasteiger partial charge in [0.2, 0.25) is 5.56 Å². The van der Waals surface area contributed by atoms with E-state index in [1.54, 1.807) is 24.5 Å². The molecular formula is C18H19N5O2. The van der Waals surface area contributed by atoms with Gasteiger partial charge in [-0.25, -0.2) is 0 Å². The van der Waals surface area contributed by atoms with Gasteiger partial charge in [0.05, 0.1) is 0 Å². The van der Waals surface area contributed by atoms with Gasteiger partial charge in [-0.15, -0.1) is 10.2 Å². The molecule has 0 unspecified atom stereocenters. The summed E-state index contributed by atoms with van der Waals surface area (Å²) in [6.07, 6.45) is 1.63. The van der Waals surface area contributed by atoms with Gasteiger partial charge < -0.3 is 14.9 Å². The Kier molecular flexibility index (Phi) is 4.47. The lowest BCUT2D eigenvalue weighted by atomic mass is 10.1. The number of nitrogens with one attached hydrogen (secondary N) is 2. The number of aromatic amines is 1. The maximum Gasteiger partial charge on any atom is 0.255 e. The van der Waals surface area contributed by atoms with Crippen LogP contribution in [0.1, 0.15) is 35.8 Å². The van der Waals surface area contributed by atoms with Gasteiger partial charge in [-0.3, -0.25) is 9.59 Å². The van der Waals surface area contributed by atoms with Crippen molar-refractivity contribution in [2.75, 3.05) is 5.32 Å². The molecule has 0 saturated carbocycles. The van der Waals surface area contributed by atoms with E-state index in [4.69, 9.17) is 0 Å². The fourth-order valence-electron chi connectivity index (χ4n) is 2.46. The SMILES string of the molecule is CC(C)c1cc(C(=O)Nc2ccc(-c3nncn3C)cc2)cc(=O)[nH]1. The summed E-state index contributed by atoms with van der Waals surface area (Å²) in [5, 5.41) is 10.7. The van der Waals surface area contributed by atoms with Crippen molar-refractivity contribution in [3.8, 4) is 11.4 Å². The molecular weight excluding hydrogens is 318 g/mol. The molecule has 3 rings (SSSR count). The maximum atomic E-state index is 12.4. The average Bonchev–Trinajstić information content (AvgIpc) is 3.01. The molecule has 128 valence electrons. The van der Waals surface area contributed by atoms with Gasteiger partial charge in [0.15, 0.2) is 5.82 Å². The molecule has 0 saturated heterocycles. The number of hydrogen-bond donors (Lipinski definition) is 2. The number of H-pyrrole nitrogens is 1. The first-order chi connectivity index (χ1) is 11.9. The van der Waals surface area contributed by atoms with Gasteiger partial charge in [-0.05, 0) is 36.2 Å². The van der Waals surface area contributed by atoms with Crippen LogP contribution < -0.4 is 10.9 Å². The predicted molar refractivity (Wildman–Crippen MR) is 95.5 cm³/mol. The molecule has 7 nitrogen and oxygen atoms in total. The first kappa shape index (κ1) is 16.6. The van der Waals surface area contributed by atoms with Gasteiger partial charge in [-0.1, -0.05) is 13.8 Å². The summed E-state index contributed by atoms with van der Waals surface area (Å²) >= 11 is 0. The van der Waals surface area contributed by atoms with Crippen LogP contribution in [0.2, 0.25) is 0 Å². The second kappa shape index (κ2) is 6.72. The van der Waals surface area contributed by atoms with Crippen LogP contribution in [0, 0.1) is 0 Å². The maximum absolute atomic E-state index is 12.4. The summed E-state index contributed by atoms with van der Waals surface area (Å²) in [4.78, 5) is 26.9. The molecule has 0 radical (unpaired) electrons. The largest absolute Gasteiger partial charge is 0.326 e. The number of carbonyl (C=O) groups is 1. The quantitative estimate of drug-likeness (QED) is 0.765. The molecule has 2 aromatic heterocycles. The van der Waals surface area contributed by atoms with Crippen molar-refractivity contribution >= 4 is 11.6 Å². The standard InChI is InChI=1S/C18H19N5O2/c1-11(2)15-8-13(9-16(24)21-15)18(25)20-14-6-4-12(5-7-14)17-22-19-10-23(17)3/h4-11H,1-3H3,(H,20,25)(H,21,24). The second-order valence-corrected chi connectivity index (χ2v) is 6.14. The molecule has 0 bridgehead atoms. The predicted octanol–water partition coefficient (Wildman–Crippen LogP) is 2.55. The summed E-state index contributed by atoms with van der Waals surface area (Å²) in [6.45, 7) is 3.91. The Bertz CT molecular complexity index is 954. The van der Waals surface area contributed by atoms with Crippen molar-refractivity contribution in [1.29, 1.82) is 0 Å². The van der Waals surface area contributed by atoms with Crippen LogP contribution >= 0.6 is 0 Å². The highest BCUT2D eigenvalue weighted by molar-refractivity contribution is 6.04. The van der Waals surface area contributed by atoms with Crippen LogP contribution in [-0.2, 0) is 7.05 Å². The number of nitrogens with zero attached hydrogens (tertiary/aromatic N) is 3. The zero-order chi connectivity index (χ0) is 18.0. The Morgan fingerprint density at radius 2 is 1.92 bits per heavy atom. The van der Waals surface area contributed by atoms with Crippen LogP contribution in [0.15, 0.2) is 47.5 Å². The number of carbonyl (C=O) groups excluding carboxylic acids is 1. The molecule has 1 aromatic carbocycles. The van der Waals surface area contributed by atoms with Gasteiger partial charge in [0, 0.05) is 35.6 Å². The number of pyridine rings is 1. The molecule has 25 heavy (non-hydrogen) atoms. The average molecular weight is 337 g/mol. The minimum atomic E-state index is -0.320. The number of rotatable bonds is 4. The van der Waals surface area contributed by atoms with E-state index in [-0.39, 0.29) is 17.4 Å². The van der Waals surface area contributed by atoms with E-state index in [1.807, 2.05) is 37.6 Å². The van der Waals surface area contributed by atoms with Crippen molar-refractivity contribution < 1.29 is 4.79 Å². The van der Waals surface area contributed by atoms with E-state index in [0.29, 0.717) is 11.3 Å². The van der Waals surface area contributed by atoms with Crippen molar-refractivity contribution in [2.45, 2.75) is 19.8 Å². The lowest BCUT2D eigenvalue weighted by molar-refractivity contribution is 0.102. The summed E-state index contributed by atoms with van der Waals surface area (Å²) in [5.74, 6) is 0.555. The van der Waals surface area contributed by atoms with E-state index < -0.39 is 0 Å². The molecule has 0 spiro atoms. The molecule has 1 amide bonds. The van der Waals surface area contributed by atoms with E-state index in [1.165, 1.54) is 6.07 Å². The van der Waals surface area contributed by atoms with Crippen molar-refractivity contribution in [3.05, 3.63) is 64.3 Å². The molecule has 2 N–H and O–H groups in total. The number of hydrogen-bond acceptors (Lipinski definition) is 4. The Morgan fingerprint density at radius 1 is 1.20 bits per heavy atom. The fourth-order valence-corrected chi connectivity index (χ4v) is 2.46. The number of aromatic nitrogens is 4. The van der Waals surface area contributed by atoms with Crippen LogP contribution in [0.5, 0.6) is 0 Å². The molecule has 7 heteroatoms. The first-order valence-electron chi connectivity index (χ1n) is 7.94. The lowest BCUT2D eigenvalue weighted by Gasteiger charge is -2.09. The minimum Gasteiger partial charge on any atom is -0.326 e. The summed E-state index contributed by atoms with van der Waals surface area (Å²) in [5.41, 5.74) is 2.33. The number of aryl methyl sites for hydroxylation is 1. The molecule has 0 aliphatic heterocycles. The highest BCUT2D eigenvalue weighted by Gasteiger charge is 2.11. The molecule has 0 fully saturated rings. The topological polar surface area (TPSA) is 92.7 Å². The van der Waals surface area contributed by atoms with Crippen molar-refractivity contribution in [2.24, 2.45) is 7.05 Å². The molecule has 0 aliphatic rings. The van der Waals surface area contributed by atoms with Gasteiger partial charge >= 0.3 is 0 Å². The van der Waals surface area contributed by atoms with Crippen LogP contribution in [0.4, 0.5) is 5.69 Å². The van der Waals surface area contributed by atoms with E-state index in [9.17, 15) is 9.59 Å². The summed E-state index contributed by atoms with van der Waals surface area (Å²) in [6, 6.07) is 10.3. The third-order valence-corrected chi connectivity index (χ3v) is 3.86. The number of amides is 1. The Labute approximate surface area is 144 Å². The summed E-state index contributed by atoms with van der Waals surface area (Å²) in [7, 11) is 1.87. The molecule has 3 aromatic rings. The van der Waals surface area contributed by atoms with E-state index >= 15 is 0 Å². The van der Waals surface area contributed by atoms with Gasteiger partial charge in [-0.2, -0.15) is 0 Å². The first-order valence-corrected chi connectivity index (χ1v) is 7.94. The monoisotopic (exact) mass is 337 g/mol. The highest BCUT2D eigenvalue weighted by Crippen LogP contribution is 2.19. The van der Waals surface area contributed by atoms with Gasteiger partial charge in [0.25, 0.3) is 5.91 Å². The van der Waals surface area contributed by atoms with Crippen LogP contribution in [-0.4, -0.2) is 25.7 Å². The van der Waals surface area contributed by atoms with E-state index in [2.05, 4.69) is 20.5 Å². The normalized spacial score (nSPS) is 10.9. The van der Waals surface area contributed by atoms with Crippen molar-refractivity contribution in [1.82, 2.24) is 19.7 Å². The smallest absolute Gasteiger partial charge is 0.255 e. The Balaban J connectivity index is 1.80. The fraction of sp³-hybridized carbons (Fsp3) is 0.222. The molecule has 0 aliphatic carbocycles. The van der Waals surface area contributed by atoms with Crippen molar-refractivity contribution in [3.63, 3.8) is 0 Å². The zero-order valence-electron chi connectivity index (χ0n) is 14.3. The highest BCUT2D eigenvalue weighted by atomic mass is 16.2. The number of anilines is 1. The Hall–Kier alpha value is -3.22. The molecule has 0 atom stereocenters. The van der Waals surface area contributed by atoms with Gasteiger partial charge in [0.1, 0.15) is 6.33 Å². The number of benzene rings is 1. The van der Waals surface area contributed by atoms with E-state index in [0.717, 1.165) is 17.1 Å². The Morgan fingerprint density at radius 3 is 2.52 bits per heavy atom. The third kappa shape index (κ3) is 3.65. The third-order valence-electron chi connectivity index (χ3n) is 3.86. The van der Waals surface area contributed by atoms with Crippen LogP contribution in [0.3, 0.4) is 0 Å². The lowest BCUT2D eigenvalue weighted by Crippen LogP contribution is -2.18. The minimum absolute atomic E-state index is 0.131. The second-order valence-electron chi connectivity index (χ2n) is 6.14. The molecule has 2 heterocycles.